The number of nitrogens with zero attached hydrogens (tertiary/aromatic N) is 5. The van der Waals surface area contributed by atoms with Gasteiger partial charge < -0.3 is 5.32 Å². The van der Waals surface area contributed by atoms with E-state index in [1.807, 2.05) is 31.3 Å². The summed E-state index contributed by atoms with van der Waals surface area (Å²) in [6, 6.07) is 7.60. The molecule has 0 saturated carbocycles. The number of amides is 1. The molecule has 23 heavy (non-hydrogen) atoms. The van der Waals surface area contributed by atoms with Crippen LogP contribution in [0, 0.1) is 6.92 Å². The fourth-order valence-corrected chi connectivity index (χ4v) is 2.65. The summed E-state index contributed by atoms with van der Waals surface area (Å²) >= 11 is 0. The third kappa shape index (κ3) is 2.22. The monoisotopic (exact) mass is 306 g/mol. The van der Waals surface area contributed by atoms with Gasteiger partial charge in [-0.05, 0) is 24.6 Å². The summed E-state index contributed by atoms with van der Waals surface area (Å²) in [4.78, 5) is 16.7. The maximum absolute atomic E-state index is 12.5. The molecule has 0 radical (unpaired) electrons. The van der Waals surface area contributed by atoms with Gasteiger partial charge in [-0.3, -0.25) is 4.79 Å². The van der Waals surface area contributed by atoms with Crippen LogP contribution >= 0.6 is 0 Å². The summed E-state index contributed by atoms with van der Waals surface area (Å²) in [7, 11) is 0. The number of rotatable bonds is 3. The van der Waals surface area contributed by atoms with Crippen molar-refractivity contribution in [1.82, 2.24) is 29.5 Å². The Kier molecular flexibility index (Phi) is 3.04. The number of carbonyl (C=O) groups is 1. The number of fused-ring (bicyclic) bond motifs is 2. The number of pyridine rings is 1. The molecule has 0 bridgehead atoms. The van der Waals surface area contributed by atoms with Gasteiger partial charge in [0.2, 0.25) is 0 Å². The van der Waals surface area contributed by atoms with Crippen molar-refractivity contribution in [3.8, 4) is 0 Å². The second-order valence-corrected chi connectivity index (χ2v) is 5.24. The van der Waals surface area contributed by atoms with Crippen LogP contribution in [0.25, 0.3) is 11.2 Å². The summed E-state index contributed by atoms with van der Waals surface area (Å²) < 4.78 is 3.44. The third-order valence-electron chi connectivity index (χ3n) is 3.86. The Morgan fingerprint density at radius 1 is 1.22 bits per heavy atom. The van der Waals surface area contributed by atoms with Gasteiger partial charge in [0.1, 0.15) is 0 Å². The number of aryl methyl sites for hydroxylation is 1. The van der Waals surface area contributed by atoms with E-state index in [4.69, 9.17) is 0 Å². The molecule has 0 aliphatic heterocycles. The zero-order valence-corrected chi connectivity index (χ0v) is 12.5. The largest absolute Gasteiger partial charge is 0.348 e. The minimum Gasteiger partial charge on any atom is -0.348 e. The average molecular weight is 306 g/mol. The van der Waals surface area contributed by atoms with E-state index in [0.29, 0.717) is 12.1 Å². The van der Waals surface area contributed by atoms with E-state index >= 15 is 0 Å². The maximum Gasteiger partial charge on any atom is 0.254 e. The van der Waals surface area contributed by atoms with Gasteiger partial charge in [0.05, 0.1) is 23.0 Å². The number of hydrogen-bond donors (Lipinski definition) is 1. The second-order valence-electron chi connectivity index (χ2n) is 5.24. The summed E-state index contributed by atoms with van der Waals surface area (Å²) in [5.41, 5.74) is 3.99. The molecule has 114 valence electrons. The van der Waals surface area contributed by atoms with Crippen molar-refractivity contribution in [3.63, 3.8) is 0 Å². The van der Waals surface area contributed by atoms with Gasteiger partial charge in [-0.15, -0.1) is 0 Å². The molecule has 0 fully saturated rings. The molecule has 7 nitrogen and oxygen atoms in total. The number of carbonyl (C=O) groups excluding carboxylic acids is 1. The molecule has 4 aromatic rings. The van der Waals surface area contributed by atoms with Gasteiger partial charge in [-0.2, -0.15) is 10.2 Å². The number of hydrogen-bond acceptors (Lipinski definition) is 4. The van der Waals surface area contributed by atoms with Crippen molar-refractivity contribution < 1.29 is 4.79 Å². The Morgan fingerprint density at radius 2 is 2.09 bits per heavy atom. The standard InChI is InChI=1S/C16H14N6O/c1-11-13(10-17-15-5-7-20-22(11)15)16(23)18-9-12-3-2-8-21-14(12)4-6-19-21/h2-8,10H,9H2,1H3,(H,18,23). The van der Waals surface area contributed by atoms with Crippen LogP contribution in [0.3, 0.4) is 0 Å². The van der Waals surface area contributed by atoms with Crippen LogP contribution in [0.5, 0.6) is 0 Å². The highest BCUT2D eigenvalue weighted by Crippen LogP contribution is 2.12. The van der Waals surface area contributed by atoms with E-state index in [2.05, 4.69) is 20.5 Å². The summed E-state index contributed by atoms with van der Waals surface area (Å²) in [6.45, 7) is 2.28. The van der Waals surface area contributed by atoms with E-state index in [-0.39, 0.29) is 5.91 Å². The zero-order chi connectivity index (χ0) is 15.8. The van der Waals surface area contributed by atoms with Crippen LogP contribution in [0.1, 0.15) is 21.6 Å². The van der Waals surface area contributed by atoms with E-state index in [9.17, 15) is 4.79 Å². The van der Waals surface area contributed by atoms with Gasteiger partial charge in [-0.1, -0.05) is 6.07 Å². The minimum absolute atomic E-state index is 0.172. The Balaban J connectivity index is 1.60. The van der Waals surface area contributed by atoms with E-state index < -0.39 is 0 Å². The molecule has 4 heterocycles. The fraction of sp³-hybridized carbons (Fsp3) is 0.125. The van der Waals surface area contributed by atoms with Gasteiger partial charge in [0, 0.05) is 31.2 Å². The van der Waals surface area contributed by atoms with Crippen molar-refractivity contribution in [2.75, 3.05) is 0 Å². The first-order valence-corrected chi connectivity index (χ1v) is 7.23. The molecule has 0 unspecified atom stereocenters. The van der Waals surface area contributed by atoms with Crippen molar-refractivity contribution in [3.05, 3.63) is 65.9 Å². The molecule has 7 heteroatoms. The van der Waals surface area contributed by atoms with Crippen molar-refractivity contribution in [1.29, 1.82) is 0 Å². The van der Waals surface area contributed by atoms with E-state index in [1.165, 1.54) is 0 Å². The van der Waals surface area contributed by atoms with E-state index in [0.717, 1.165) is 22.4 Å². The fourth-order valence-electron chi connectivity index (χ4n) is 2.65. The molecule has 0 spiro atoms. The molecule has 4 aromatic heterocycles. The van der Waals surface area contributed by atoms with Crippen LogP contribution in [-0.2, 0) is 6.54 Å². The molecule has 0 aromatic carbocycles. The van der Waals surface area contributed by atoms with Gasteiger partial charge in [0.25, 0.3) is 5.91 Å². The topological polar surface area (TPSA) is 76.6 Å². The molecule has 4 rings (SSSR count). The SMILES string of the molecule is Cc1c(C(=O)NCc2cccn3nccc23)cnc2ccnn12. The van der Waals surface area contributed by atoms with Crippen LogP contribution in [-0.4, -0.2) is 30.1 Å². The van der Waals surface area contributed by atoms with Crippen molar-refractivity contribution in [2.45, 2.75) is 13.5 Å². The summed E-state index contributed by atoms with van der Waals surface area (Å²) in [5, 5.41) is 11.3. The molecule has 0 aliphatic rings. The van der Waals surface area contributed by atoms with Crippen molar-refractivity contribution >= 4 is 17.1 Å². The molecular formula is C16H14N6O. The maximum atomic E-state index is 12.5. The van der Waals surface area contributed by atoms with Crippen LogP contribution in [0.2, 0.25) is 0 Å². The summed E-state index contributed by atoms with van der Waals surface area (Å²) in [5.74, 6) is -0.172. The Bertz CT molecular complexity index is 1020. The smallest absolute Gasteiger partial charge is 0.254 e. The zero-order valence-electron chi connectivity index (χ0n) is 12.5. The van der Waals surface area contributed by atoms with Crippen LogP contribution in [0.15, 0.2) is 49.1 Å². The predicted octanol–water partition coefficient (Wildman–Crippen LogP) is 1.62. The molecule has 1 amide bonds. The van der Waals surface area contributed by atoms with Gasteiger partial charge >= 0.3 is 0 Å². The van der Waals surface area contributed by atoms with E-state index in [1.54, 1.807) is 33.7 Å². The molecular weight excluding hydrogens is 292 g/mol. The molecule has 1 N–H and O–H groups in total. The number of aromatic nitrogens is 5. The Hall–Kier alpha value is -3.22. The lowest BCUT2D eigenvalue weighted by molar-refractivity contribution is 0.0949. The molecule has 0 atom stereocenters. The average Bonchev–Trinajstić information content (AvgIpc) is 3.22. The first-order chi connectivity index (χ1) is 11.2. The van der Waals surface area contributed by atoms with Crippen molar-refractivity contribution in [2.24, 2.45) is 0 Å². The predicted molar refractivity (Wildman–Crippen MR) is 84.1 cm³/mol. The second kappa shape index (κ2) is 5.20. The lowest BCUT2D eigenvalue weighted by Gasteiger charge is -2.09. The van der Waals surface area contributed by atoms with Crippen LogP contribution < -0.4 is 5.32 Å². The lowest BCUT2D eigenvalue weighted by atomic mass is 10.2. The highest BCUT2D eigenvalue weighted by atomic mass is 16.1. The van der Waals surface area contributed by atoms with Crippen LogP contribution in [0.4, 0.5) is 0 Å². The minimum atomic E-state index is -0.172. The Morgan fingerprint density at radius 3 is 3.00 bits per heavy atom. The van der Waals surface area contributed by atoms with Gasteiger partial charge in [-0.25, -0.2) is 14.0 Å². The first-order valence-electron chi connectivity index (χ1n) is 7.23. The summed E-state index contributed by atoms with van der Waals surface area (Å²) in [6.07, 6.45) is 6.86. The molecule has 0 aliphatic carbocycles. The highest BCUT2D eigenvalue weighted by Gasteiger charge is 2.13. The first kappa shape index (κ1) is 13.4. The molecule has 0 saturated heterocycles. The lowest BCUT2D eigenvalue weighted by Crippen LogP contribution is -2.25. The Labute approximate surface area is 131 Å². The number of nitrogens with one attached hydrogen (secondary N) is 1. The highest BCUT2D eigenvalue weighted by molar-refractivity contribution is 5.95. The normalized spacial score (nSPS) is 11.2. The third-order valence-corrected chi connectivity index (χ3v) is 3.86. The van der Waals surface area contributed by atoms with Gasteiger partial charge in [0.15, 0.2) is 5.65 Å². The quantitative estimate of drug-likeness (QED) is 0.624.